The van der Waals surface area contributed by atoms with Gasteiger partial charge in [0.25, 0.3) is 0 Å². The maximum absolute atomic E-state index is 12.0. The normalized spacial score (nSPS) is 15.4. The molecule has 0 saturated carbocycles. The maximum atomic E-state index is 12.0. The van der Waals surface area contributed by atoms with Crippen LogP contribution in [0.25, 0.3) is 0 Å². The van der Waals surface area contributed by atoms with Crippen LogP contribution in [0.15, 0.2) is 41.6 Å². The number of aromatic nitrogens is 2. The Labute approximate surface area is 182 Å². The van der Waals surface area contributed by atoms with Crippen LogP contribution in [0.4, 0.5) is 10.6 Å². The van der Waals surface area contributed by atoms with Crippen molar-refractivity contribution in [1.29, 1.82) is 0 Å². The summed E-state index contributed by atoms with van der Waals surface area (Å²) in [5, 5.41) is 2.92. The number of amides is 1. The minimum atomic E-state index is -3.26. The monoisotopic (exact) mass is 448 g/mol. The Morgan fingerprint density at radius 1 is 1.13 bits per heavy atom. The summed E-state index contributed by atoms with van der Waals surface area (Å²) in [5.74, 6) is 1.58. The molecule has 2 aromatic rings. The maximum Gasteiger partial charge on any atom is 0.407 e. The van der Waals surface area contributed by atoms with E-state index in [-0.39, 0.29) is 10.9 Å². The van der Waals surface area contributed by atoms with E-state index >= 15 is 0 Å². The summed E-state index contributed by atoms with van der Waals surface area (Å²) in [6, 6.07) is 7.96. The molecule has 1 saturated heterocycles. The molecule has 9 nitrogen and oxygen atoms in total. The van der Waals surface area contributed by atoms with Crippen LogP contribution >= 0.6 is 0 Å². The van der Waals surface area contributed by atoms with Crippen LogP contribution in [0.5, 0.6) is 11.6 Å². The number of anilines is 1. The molecule has 10 heteroatoms. The Bertz CT molecular complexity index is 1010. The largest absolute Gasteiger partial charge is 0.444 e. The van der Waals surface area contributed by atoms with E-state index in [9.17, 15) is 13.2 Å². The van der Waals surface area contributed by atoms with Gasteiger partial charge in [-0.3, -0.25) is 0 Å². The number of alkyl carbamates (subject to hydrolysis) is 1. The highest BCUT2D eigenvalue weighted by Crippen LogP contribution is 2.25. The Morgan fingerprint density at radius 2 is 1.77 bits per heavy atom. The first kappa shape index (κ1) is 22.8. The van der Waals surface area contributed by atoms with Crippen LogP contribution in [0.1, 0.15) is 33.6 Å². The molecule has 0 bridgehead atoms. The minimum Gasteiger partial charge on any atom is -0.444 e. The number of hydrogen-bond acceptors (Lipinski definition) is 8. The predicted molar refractivity (Wildman–Crippen MR) is 116 cm³/mol. The number of sulfone groups is 1. The highest BCUT2D eigenvalue weighted by molar-refractivity contribution is 7.90. The lowest BCUT2D eigenvalue weighted by Gasteiger charge is -2.33. The number of ether oxygens (including phenoxy) is 2. The van der Waals surface area contributed by atoms with Gasteiger partial charge in [0.15, 0.2) is 9.84 Å². The van der Waals surface area contributed by atoms with E-state index in [2.05, 4.69) is 20.2 Å². The zero-order valence-electron chi connectivity index (χ0n) is 18.2. The molecular weight excluding hydrogens is 420 g/mol. The van der Waals surface area contributed by atoms with Crippen molar-refractivity contribution in [1.82, 2.24) is 15.3 Å². The van der Waals surface area contributed by atoms with Gasteiger partial charge in [0.05, 0.1) is 4.90 Å². The lowest BCUT2D eigenvalue weighted by molar-refractivity contribution is 0.0497. The second-order valence-electron chi connectivity index (χ2n) is 8.47. The third-order valence-electron chi connectivity index (χ3n) is 4.64. The molecular formula is C21H28N4O5S. The molecule has 1 aliphatic rings. The lowest BCUT2D eigenvalue weighted by Crippen LogP contribution is -2.46. The van der Waals surface area contributed by atoms with Crippen molar-refractivity contribution < 1.29 is 22.7 Å². The van der Waals surface area contributed by atoms with Crippen molar-refractivity contribution in [2.75, 3.05) is 24.2 Å². The average molecular weight is 449 g/mol. The third-order valence-corrected chi connectivity index (χ3v) is 5.77. The fourth-order valence-electron chi connectivity index (χ4n) is 3.16. The van der Waals surface area contributed by atoms with Gasteiger partial charge in [0, 0.05) is 31.5 Å². The molecule has 0 atom stereocenters. The summed E-state index contributed by atoms with van der Waals surface area (Å²) in [4.78, 5) is 22.8. The molecule has 0 spiro atoms. The molecule has 1 fully saturated rings. The second-order valence-corrected chi connectivity index (χ2v) is 10.5. The van der Waals surface area contributed by atoms with Gasteiger partial charge in [-0.2, -0.15) is 0 Å². The van der Waals surface area contributed by atoms with E-state index in [1.165, 1.54) is 18.5 Å². The summed E-state index contributed by atoms with van der Waals surface area (Å²) < 4.78 is 34.2. The minimum absolute atomic E-state index is 0.0528. The van der Waals surface area contributed by atoms with Gasteiger partial charge in [-0.05, 0) is 57.9 Å². The van der Waals surface area contributed by atoms with Crippen molar-refractivity contribution in [3.63, 3.8) is 0 Å². The van der Waals surface area contributed by atoms with Crippen molar-refractivity contribution in [3.8, 4) is 11.6 Å². The Kier molecular flexibility index (Phi) is 6.68. The average Bonchev–Trinajstić information content (AvgIpc) is 2.67. The van der Waals surface area contributed by atoms with E-state index < -0.39 is 21.5 Å². The molecule has 1 aromatic heterocycles. The molecule has 31 heavy (non-hydrogen) atoms. The summed E-state index contributed by atoms with van der Waals surface area (Å²) in [6.07, 6.45) is 3.73. The van der Waals surface area contributed by atoms with Gasteiger partial charge in [-0.15, -0.1) is 0 Å². The van der Waals surface area contributed by atoms with Crippen LogP contribution in [0, 0.1) is 0 Å². The van der Waals surface area contributed by atoms with Crippen molar-refractivity contribution in [2.24, 2.45) is 0 Å². The van der Waals surface area contributed by atoms with Crippen LogP contribution in [0.3, 0.4) is 0 Å². The molecule has 1 N–H and O–H groups in total. The third kappa shape index (κ3) is 6.81. The fraction of sp³-hybridized carbons (Fsp3) is 0.476. The molecule has 3 rings (SSSR count). The standard InChI is InChI=1S/C21H28N4O5S/c1-21(2,3)30-20(26)24-15-9-11-25(12-10-15)18-13-19(23-14-22-18)29-16-5-7-17(8-6-16)31(4,27)28/h5-8,13-15H,9-12H2,1-4H3,(H,24,26). The van der Waals surface area contributed by atoms with Crippen molar-refractivity contribution in [2.45, 2.75) is 50.2 Å². The summed E-state index contributed by atoms with van der Waals surface area (Å²) in [7, 11) is -3.26. The number of piperidine rings is 1. The van der Waals surface area contributed by atoms with Gasteiger partial charge in [-0.1, -0.05) is 0 Å². The molecule has 0 aliphatic carbocycles. The lowest BCUT2D eigenvalue weighted by atomic mass is 10.1. The number of hydrogen-bond donors (Lipinski definition) is 1. The van der Waals surface area contributed by atoms with E-state index in [1.807, 2.05) is 20.8 Å². The van der Waals surface area contributed by atoms with Crippen molar-refractivity contribution >= 4 is 21.7 Å². The predicted octanol–water partition coefficient (Wildman–Crippen LogP) is 3.17. The molecule has 1 aromatic carbocycles. The topological polar surface area (TPSA) is 111 Å². The molecule has 0 radical (unpaired) electrons. The van der Waals surface area contributed by atoms with Crippen LogP contribution < -0.4 is 15.0 Å². The number of rotatable bonds is 5. The van der Waals surface area contributed by atoms with Crippen molar-refractivity contribution in [3.05, 3.63) is 36.7 Å². The van der Waals surface area contributed by atoms with Gasteiger partial charge in [0.2, 0.25) is 5.88 Å². The number of nitrogens with zero attached hydrogens (tertiary/aromatic N) is 3. The zero-order chi connectivity index (χ0) is 22.6. The smallest absolute Gasteiger partial charge is 0.407 e. The number of nitrogens with one attached hydrogen (secondary N) is 1. The number of carbonyl (C=O) groups is 1. The summed E-state index contributed by atoms with van der Waals surface area (Å²) in [6.45, 7) is 6.96. The molecule has 2 heterocycles. The van der Waals surface area contributed by atoms with Gasteiger partial charge >= 0.3 is 6.09 Å². The Balaban J connectivity index is 1.57. The quantitative estimate of drug-likeness (QED) is 0.743. The number of benzene rings is 1. The van der Waals surface area contributed by atoms with Gasteiger partial charge < -0.3 is 19.7 Å². The van der Waals surface area contributed by atoms with Crippen LogP contribution in [-0.4, -0.2) is 55.5 Å². The SMILES string of the molecule is CC(C)(C)OC(=O)NC1CCN(c2cc(Oc3ccc(S(C)(=O)=O)cc3)ncn2)CC1. The first-order chi connectivity index (χ1) is 14.5. The summed E-state index contributed by atoms with van der Waals surface area (Å²) in [5.41, 5.74) is -0.521. The molecule has 1 amide bonds. The van der Waals surface area contributed by atoms with Gasteiger partial charge in [0.1, 0.15) is 23.5 Å². The first-order valence-electron chi connectivity index (χ1n) is 10.0. The van der Waals surface area contributed by atoms with Crippen LogP contribution in [0.2, 0.25) is 0 Å². The van der Waals surface area contributed by atoms with E-state index in [1.54, 1.807) is 18.2 Å². The van der Waals surface area contributed by atoms with E-state index in [0.29, 0.717) is 11.6 Å². The van der Waals surface area contributed by atoms with Gasteiger partial charge in [-0.25, -0.2) is 23.2 Å². The highest BCUT2D eigenvalue weighted by atomic mass is 32.2. The first-order valence-corrected chi connectivity index (χ1v) is 11.9. The van der Waals surface area contributed by atoms with Crippen LogP contribution in [-0.2, 0) is 14.6 Å². The molecule has 0 unspecified atom stereocenters. The van der Waals surface area contributed by atoms with E-state index in [0.717, 1.165) is 38.0 Å². The fourth-order valence-corrected chi connectivity index (χ4v) is 3.79. The second kappa shape index (κ2) is 9.09. The Morgan fingerprint density at radius 3 is 2.35 bits per heavy atom. The Hall–Kier alpha value is -2.88. The molecule has 168 valence electrons. The molecule has 1 aliphatic heterocycles. The van der Waals surface area contributed by atoms with E-state index in [4.69, 9.17) is 9.47 Å². The highest BCUT2D eigenvalue weighted by Gasteiger charge is 2.24. The summed E-state index contributed by atoms with van der Waals surface area (Å²) >= 11 is 0. The number of carbonyl (C=O) groups excluding carboxylic acids is 1. The zero-order valence-corrected chi connectivity index (χ0v) is 19.0.